The van der Waals surface area contributed by atoms with Gasteiger partial charge < -0.3 is 14.8 Å². The molecule has 19 heavy (non-hydrogen) atoms. The molecule has 4 heteroatoms. The smallest absolute Gasteiger partial charge is 0.332 e. The highest BCUT2D eigenvalue weighted by Gasteiger charge is 2.09. The van der Waals surface area contributed by atoms with Crippen molar-refractivity contribution in [3.63, 3.8) is 0 Å². The van der Waals surface area contributed by atoms with Crippen molar-refractivity contribution >= 4 is 5.97 Å². The van der Waals surface area contributed by atoms with Crippen LogP contribution in [0.4, 0.5) is 0 Å². The van der Waals surface area contributed by atoms with Crippen molar-refractivity contribution in [3.05, 3.63) is 35.4 Å². The van der Waals surface area contributed by atoms with Crippen molar-refractivity contribution in [2.45, 2.75) is 32.9 Å². The minimum Gasteiger partial charge on any atom is -0.462 e. The molecule has 0 heterocycles. The molecule has 1 atom stereocenters. The molecule has 0 fully saturated rings. The van der Waals surface area contributed by atoms with Crippen LogP contribution in [0.1, 0.15) is 24.5 Å². The third-order valence-electron chi connectivity index (χ3n) is 2.88. The van der Waals surface area contributed by atoms with E-state index in [2.05, 4.69) is 37.4 Å². The Hall–Kier alpha value is -1.39. The van der Waals surface area contributed by atoms with Gasteiger partial charge in [0.15, 0.2) is 0 Å². The van der Waals surface area contributed by atoms with E-state index < -0.39 is 0 Å². The quantitative estimate of drug-likeness (QED) is 0.731. The van der Waals surface area contributed by atoms with Crippen LogP contribution in [0.25, 0.3) is 0 Å². The second kappa shape index (κ2) is 8.67. The molecule has 4 nitrogen and oxygen atoms in total. The fraction of sp³-hybridized carbons (Fsp3) is 0.533. The fourth-order valence-electron chi connectivity index (χ4n) is 1.76. The molecular weight excluding hydrogens is 242 g/mol. The largest absolute Gasteiger partial charge is 0.462 e. The number of methoxy groups -OCH3 is 1. The molecule has 1 aromatic carbocycles. The number of esters is 1. The van der Waals surface area contributed by atoms with E-state index in [4.69, 9.17) is 9.47 Å². The van der Waals surface area contributed by atoms with Crippen molar-refractivity contribution in [1.82, 2.24) is 5.32 Å². The van der Waals surface area contributed by atoms with Crippen molar-refractivity contribution < 1.29 is 14.3 Å². The normalized spacial score (nSPS) is 12.2. The van der Waals surface area contributed by atoms with E-state index in [1.807, 2.05) is 6.07 Å². The lowest BCUT2D eigenvalue weighted by Crippen LogP contribution is -2.33. The minimum atomic E-state index is -0.321. The standard InChI is InChI=1S/C15H23NO3/c1-4-14(10-19-15(17)11-18-3)16-9-13-7-5-6-12(2)8-13/h5-8,14,16H,4,9-11H2,1-3H3. The molecule has 1 N–H and O–H groups in total. The van der Waals surface area contributed by atoms with E-state index in [1.54, 1.807) is 0 Å². The first-order valence-electron chi connectivity index (χ1n) is 6.59. The van der Waals surface area contributed by atoms with E-state index in [1.165, 1.54) is 18.2 Å². The third-order valence-corrected chi connectivity index (χ3v) is 2.88. The Morgan fingerprint density at radius 3 is 2.84 bits per heavy atom. The second-order valence-corrected chi connectivity index (χ2v) is 4.59. The Bertz CT molecular complexity index is 393. The molecule has 0 aromatic heterocycles. The molecular formula is C15H23NO3. The number of benzene rings is 1. The van der Waals surface area contributed by atoms with Crippen molar-refractivity contribution in [2.75, 3.05) is 20.3 Å². The predicted molar refractivity (Wildman–Crippen MR) is 74.9 cm³/mol. The van der Waals surface area contributed by atoms with E-state index in [-0.39, 0.29) is 18.6 Å². The Morgan fingerprint density at radius 2 is 2.21 bits per heavy atom. The van der Waals surface area contributed by atoms with Gasteiger partial charge in [0, 0.05) is 19.7 Å². The minimum absolute atomic E-state index is 0.00825. The van der Waals surface area contributed by atoms with Gasteiger partial charge in [-0.05, 0) is 18.9 Å². The molecule has 0 saturated heterocycles. The molecule has 106 valence electrons. The lowest BCUT2D eigenvalue weighted by molar-refractivity contribution is -0.148. The van der Waals surface area contributed by atoms with Gasteiger partial charge in [0.05, 0.1) is 0 Å². The van der Waals surface area contributed by atoms with Crippen LogP contribution in [-0.4, -0.2) is 32.3 Å². The number of aryl methyl sites for hydroxylation is 1. The summed E-state index contributed by atoms with van der Waals surface area (Å²) in [6.45, 7) is 5.31. The maximum atomic E-state index is 11.2. The summed E-state index contributed by atoms with van der Waals surface area (Å²) < 4.78 is 9.84. The molecule has 1 unspecified atom stereocenters. The molecule has 0 amide bonds. The zero-order valence-corrected chi connectivity index (χ0v) is 11.9. The number of ether oxygens (including phenoxy) is 2. The average Bonchev–Trinajstić information content (AvgIpc) is 2.39. The Morgan fingerprint density at radius 1 is 1.42 bits per heavy atom. The van der Waals surface area contributed by atoms with Crippen LogP contribution in [0.5, 0.6) is 0 Å². The van der Waals surface area contributed by atoms with Crippen LogP contribution in [0.3, 0.4) is 0 Å². The topological polar surface area (TPSA) is 47.6 Å². The van der Waals surface area contributed by atoms with Gasteiger partial charge in [0.1, 0.15) is 13.2 Å². The molecule has 0 spiro atoms. The molecule has 1 rings (SSSR count). The van der Waals surface area contributed by atoms with E-state index in [9.17, 15) is 4.79 Å². The van der Waals surface area contributed by atoms with Gasteiger partial charge in [-0.25, -0.2) is 4.79 Å². The van der Waals surface area contributed by atoms with Crippen LogP contribution >= 0.6 is 0 Å². The van der Waals surface area contributed by atoms with Crippen LogP contribution in [0, 0.1) is 6.92 Å². The molecule has 0 bridgehead atoms. The SMILES string of the molecule is CCC(COC(=O)COC)NCc1cccc(C)c1. The van der Waals surface area contributed by atoms with Crippen LogP contribution in [0.15, 0.2) is 24.3 Å². The number of carbonyl (C=O) groups is 1. The zero-order valence-electron chi connectivity index (χ0n) is 11.9. The van der Waals surface area contributed by atoms with E-state index in [0.717, 1.165) is 13.0 Å². The summed E-state index contributed by atoms with van der Waals surface area (Å²) in [5, 5.41) is 3.39. The number of hydrogen-bond acceptors (Lipinski definition) is 4. The molecule has 1 aromatic rings. The molecule has 0 aliphatic heterocycles. The second-order valence-electron chi connectivity index (χ2n) is 4.59. The number of rotatable bonds is 8. The summed E-state index contributed by atoms with van der Waals surface area (Å²) in [5.74, 6) is -0.321. The summed E-state index contributed by atoms with van der Waals surface area (Å²) in [6.07, 6.45) is 0.909. The summed E-state index contributed by atoms with van der Waals surface area (Å²) in [7, 11) is 1.48. The molecule has 0 saturated carbocycles. The van der Waals surface area contributed by atoms with E-state index >= 15 is 0 Å². The van der Waals surface area contributed by atoms with Gasteiger partial charge in [-0.2, -0.15) is 0 Å². The van der Waals surface area contributed by atoms with Gasteiger partial charge in [-0.3, -0.25) is 0 Å². The maximum absolute atomic E-state index is 11.2. The number of hydrogen-bond donors (Lipinski definition) is 1. The first-order valence-corrected chi connectivity index (χ1v) is 6.59. The number of carbonyl (C=O) groups excluding carboxylic acids is 1. The maximum Gasteiger partial charge on any atom is 0.332 e. The average molecular weight is 265 g/mol. The first kappa shape index (κ1) is 15.7. The lowest BCUT2D eigenvalue weighted by Gasteiger charge is -2.17. The van der Waals surface area contributed by atoms with Crippen LogP contribution in [0.2, 0.25) is 0 Å². The summed E-state index contributed by atoms with van der Waals surface area (Å²) in [5.41, 5.74) is 2.49. The Balaban J connectivity index is 2.34. The van der Waals surface area contributed by atoms with Gasteiger partial charge >= 0.3 is 5.97 Å². The van der Waals surface area contributed by atoms with Gasteiger partial charge in [0.25, 0.3) is 0 Å². The zero-order chi connectivity index (χ0) is 14.1. The summed E-state index contributed by atoms with van der Waals surface area (Å²) in [6, 6.07) is 8.53. The molecule has 0 aliphatic rings. The summed E-state index contributed by atoms with van der Waals surface area (Å²) >= 11 is 0. The Labute approximate surface area is 115 Å². The predicted octanol–water partition coefficient (Wildman–Crippen LogP) is 2.05. The monoisotopic (exact) mass is 265 g/mol. The third kappa shape index (κ3) is 6.36. The van der Waals surface area contributed by atoms with Crippen LogP contribution < -0.4 is 5.32 Å². The van der Waals surface area contributed by atoms with Gasteiger partial charge in [0.2, 0.25) is 0 Å². The van der Waals surface area contributed by atoms with E-state index in [0.29, 0.717) is 6.61 Å². The first-order chi connectivity index (χ1) is 9.15. The van der Waals surface area contributed by atoms with Gasteiger partial charge in [-0.15, -0.1) is 0 Å². The van der Waals surface area contributed by atoms with Crippen LogP contribution in [-0.2, 0) is 20.8 Å². The fourth-order valence-corrected chi connectivity index (χ4v) is 1.76. The highest BCUT2D eigenvalue weighted by atomic mass is 16.6. The van der Waals surface area contributed by atoms with Gasteiger partial charge in [-0.1, -0.05) is 36.8 Å². The van der Waals surface area contributed by atoms with Crippen molar-refractivity contribution in [2.24, 2.45) is 0 Å². The van der Waals surface area contributed by atoms with Crippen molar-refractivity contribution in [1.29, 1.82) is 0 Å². The highest BCUT2D eigenvalue weighted by molar-refractivity contribution is 5.70. The Kier molecular flexibility index (Phi) is 7.15. The molecule has 0 aliphatic carbocycles. The summed E-state index contributed by atoms with van der Waals surface area (Å²) in [4.78, 5) is 11.2. The highest BCUT2D eigenvalue weighted by Crippen LogP contribution is 2.04. The van der Waals surface area contributed by atoms with Crippen molar-refractivity contribution in [3.8, 4) is 0 Å². The number of nitrogens with one attached hydrogen (secondary N) is 1. The lowest BCUT2D eigenvalue weighted by atomic mass is 10.1. The molecule has 0 radical (unpaired) electrons.